The van der Waals surface area contributed by atoms with Gasteiger partial charge in [-0.25, -0.2) is 13.1 Å². The SMILES string of the molecule is CCC(C)NS(=O)(=O)c1ccc2c(c1)CCN2C(=O)C1CC1. The molecule has 0 bridgehead atoms. The van der Waals surface area contributed by atoms with Gasteiger partial charge in [-0.1, -0.05) is 6.92 Å². The van der Waals surface area contributed by atoms with E-state index >= 15 is 0 Å². The average Bonchev–Trinajstić information content (AvgIpc) is 3.25. The second-order valence-electron chi connectivity index (χ2n) is 6.24. The first-order chi connectivity index (χ1) is 10.4. The van der Waals surface area contributed by atoms with Crippen LogP contribution in [-0.4, -0.2) is 26.9 Å². The molecule has 0 saturated heterocycles. The zero-order chi connectivity index (χ0) is 15.9. The Morgan fingerprint density at radius 1 is 1.41 bits per heavy atom. The van der Waals surface area contributed by atoms with E-state index in [1.165, 1.54) is 0 Å². The number of hydrogen-bond donors (Lipinski definition) is 1. The maximum Gasteiger partial charge on any atom is 0.240 e. The van der Waals surface area contributed by atoms with Crippen LogP contribution in [0.15, 0.2) is 23.1 Å². The Morgan fingerprint density at radius 2 is 2.14 bits per heavy atom. The number of sulfonamides is 1. The molecule has 1 atom stereocenters. The Hall–Kier alpha value is -1.40. The molecule has 3 rings (SSSR count). The number of amides is 1. The number of benzene rings is 1. The molecule has 0 spiro atoms. The van der Waals surface area contributed by atoms with Crippen molar-refractivity contribution in [1.29, 1.82) is 0 Å². The van der Waals surface area contributed by atoms with Crippen molar-refractivity contribution in [3.8, 4) is 0 Å². The highest BCUT2D eigenvalue weighted by molar-refractivity contribution is 7.89. The van der Waals surface area contributed by atoms with Crippen molar-refractivity contribution in [2.75, 3.05) is 11.4 Å². The van der Waals surface area contributed by atoms with Crippen LogP contribution in [0.4, 0.5) is 5.69 Å². The second-order valence-corrected chi connectivity index (χ2v) is 7.95. The first kappa shape index (κ1) is 15.5. The largest absolute Gasteiger partial charge is 0.312 e. The quantitative estimate of drug-likeness (QED) is 0.902. The number of hydrogen-bond acceptors (Lipinski definition) is 3. The molecule has 1 fully saturated rings. The minimum absolute atomic E-state index is 0.0915. The van der Waals surface area contributed by atoms with Gasteiger partial charge in [-0.15, -0.1) is 0 Å². The highest BCUT2D eigenvalue weighted by atomic mass is 32.2. The van der Waals surface area contributed by atoms with Crippen LogP contribution in [0.2, 0.25) is 0 Å². The van der Waals surface area contributed by atoms with E-state index in [2.05, 4.69) is 4.72 Å². The molecular weight excluding hydrogens is 300 g/mol. The molecule has 1 aliphatic heterocycles. The summed E-state index contributed by atoms with van der Waals surface area (Å²) in [6.07, 6.45) is 3.43. The summed E-state index contributed by atoms with van der Waals surface area (Å²) in [4.78, 5) is 14.3. The van der Waals surface area contributed by atoms with Gasteiger partial charge >= 0.3 is 0 Å². The zero-order valence-electron chi connectivity index (χ0n) is 13.0. The van der Waals surface area contributed by atoms with Crippen molar-refractivity contribution < 1.29 is 13.2 Å². The molecule has 1 amide bonds. The maximum atomic E-state index is 12.3. The van der Waals surface area contributed by atoms with Crippen LogP contribution in [0.25, 0.3) is 0 Å². The smallest absolute Gasteiger partial charge is 0.240 e. The summed E-state index contributed by atoms with van der Waals surface area (Å²) in [7, 11) is -3.49. The van der Waals surface area contributed by atoms with Crippen LogP contribution in [-0.2, 0) is 21.2 Å². The number of nitrogens with one attached hydrogen (secondary N) is 1. The van der Waals surface area contributed by atoms with Crippen molar-refractivity contribution in [3.05, 3.63) is 23.8 Å². The van der Waals surface area contributed by atoms with E-state index in [1.807, 2.05) is 18.7 Å². The summed E-state index contributed by atoms with van der Waals surface area (Å²) in [5.74, 6) is 0.369. The first-order valence-electron chi connectivity index (χ1n) is 7.89. The summed E-state index contributed by atoms with van der Waals surface area (Å²) >= 11 is 0. The van der Waals surface area contributed by atoms with Crippen molar-refractivity contribution >= 4 is 21.6 Å². The van der Waals surface area contributed by atoms with Gasteiger partial charge in [0.2, 0.25) is 15.9 Å². The molecule has 120 valence electrons. The van der Waals surface area contributed by atoms with Gasteiger partial charge in [0, 0.05) is 24.2 Å². The fourth-order valence-electron chi connectivity index (χ4n) is 2.74. The molecule has 1 aromatic rings. The van der Waals surface area contributed by atoms with Gasteiger partial charge in [0.15, 0.2) is 0 Å². The highest BCUT2D eigenvalue weighted by Crippen LogP contribution is 2.37. The molecule has 1 N–H and O–H groups in total. The fourth-order valence-corrected chi connectivity index (χ4v) is 4.12. The van der Waals surface area contributed by atoms with Crippen LogP contribution in [0.5, 0.6) is 0 Å². The molecule has 0 radical (unpaired) electrons. The van der Waals surface area contributed by atoms with Crippen LogP contribution in [0, 0.1) is 5.92 Å². The van der Waals surface area contributed by atoms with Gasteiger partial charge in [0.05, 0.1) is 4.90 Å². The van der Waals surface area contributed by atoms with Crippen molar-refractivity contribution in [2.24, 2.45) is 5.92 Å². The topological polar surface area (TPSA) is 66.5 Å². The normalized spacial score (nSPS) is 19.1. The fraction of sp³-hybridized carbons (Fsp3) is 0.562. The Kier molecular flexibility index (Phi) is 3.99. The minimum atomic E-state index is -3.49. The van der Waals surface area contributed by atoms with E-state index in [4.69, 9.17) is 0 Å². The van der Waals surface area contributed by atoms with E-state index in [0.29, 0.717) is 6.54 Å². The summed E-state index contributed by atoms with van der Waals surface area (Å²) in [6, 6.07) is 4.99. The third-order valence-electron chi connectivity index (χ3n) is 4.42. The lowest BCUT2D eigenvalue weighted by Gasteiger charge is -2.17. The van der Waals surface area contributed by atoms with Crippen LogP contribution < -0.4 is 9.62 Å². The van der Waals surface area contributed by atoms with Crippen LogP contribution >= 0.6 is 0 Å². The van der Waals surface area contributed by atoms with Gasteiger partial charge in [-0.2, -0.15) is 0 Å². The number of carbonyl (C=O) groups is 1. The summed E-state index contributed by atoms with van der Waals surface area (Å²) in [6.45, 7) is 4.45. The van der Waals surface area contributed by atoms with E-state index in [0.717, 1.165) is 36.9 Å². The molecule has 1 saturated carbocycles. The Morgan fingerprint density at radius 3 is 2.77 bits per heavy atom. The lowest BCUT2D eigenvalue weighted by Crippen LogP contribution is -2.32. The van der Waals surface area contributed by atoms with Crippen molar-refractivity contribution in [1.82, 2.24) is 4.72 Å². The molecule has 5 nitrogen and oxygen atoms in total. The number of fused-ring (bicyclic) bond motifs is 1. The molecule has 6 heteroatoms. The summed E-state index contributed by atoms with van der Waals surface area (Å²) in [5.41, 5.74) is 1.82. The van der Waals surface area contributed by atoms with Gasteiger partial charge in [0.25, 0.3) is 0 Å². The summed E-state index contributed by atoms with van der Waals surface area (Å²) in [5, 5.41) is 0. The molecular formula is C16H22N2O3S. The highest BCUT2D eigenvalue weighted by Gasteiger charge is 2.36. The lowest BCUT2D eigenvalue weighted by atomic mass is 10.2. The third-order valence-corrected chi connectivity index (χ3v) is 6.01. The molecule has 2 aliphatic rings. The Bertz CT molecular complexity index is 695. The summed E-state index contributed by atoms with van der Waals surface area (Å²) < 4.78 is 27.4. The molecule has 0 aromatic heterocycles. The van der Waals surface area contributed by atoms with Crippen molar-refractivity contribution in [3.63, 3.8) is 0 Å². The standard InChI is InChI=1S/C16H22N2O3S/c1-3-11(2)17-22(20,21)14-6-7-15-13(10-14)8-9-18(15)16(19)12-4-5-12/h6-7,10-12,17H,3-5,8-9H2,1-2H3. The van der Waals surface area contributed by atoms with Crippen molar-refractivity contribution in [2.45, 2.75) is 50.5 Å². The third kappa shape index (κ3) is 2.90. The molecule has 1 heterocycles. The second kappa shape index (κ2) is 5.66. The van der Waals surface area contributed by atoms with E-state index in [1.54, 1.807) is 18.2 Å². The molecule has 1 aliphatic carbocycles. The van der Waals surface area contributed by atoms with Gasteiger partial charge < -0.3 is 4.90 Å². The van der Waals surface area contributed by atoms with Crippen LogP contribution in [0.3, 0.4) is 0 Å². The van der Waals surface area contributed by atoms with E-state index in [9.17, 15) is 13.2 Å². The Labute approximate surface area is 131 Å². The van der Waals surface area contributed by atoms with Crippen LogP contribution in [0.1, 0.15) is 38.7 Å². The number of anilines is 1. The first-order valence-corrected chi connectivity index (χ1v) is 9.37. The molecule has 1 unspecified atom stereocenters. The molecule has 1 aromatic carbocycles. The predicted octanol–water partition coefficient (Wildman–Crippen LogP) is 2.06. The van der Waals surface area contributed by atoms with E-state index in [-0.39, 0.29) is 22.8 Å². The lowest BCUT2D eigenvalue weighted by molar-refractivity contribution is -0.119. The monoisotopic (exact) mass is 322 g/mol. The number of carbonyl (C=O) groups excluding carboxylic acids is 1. The average molecular weight is 322 g/mol. The minimum Gasteiger partial charge on any atom is -0.312 e. The molecule has 22 heavy (non-hydrogen) atoms. The number of nitrogens with zero attached hydrogens (tertiary/aromatic N) is 1. The predicted molar refractivity (Wildman–Crippen MR) is 85.3 cm³/mol. The van der Waals surface area contributed by atoms with E-state index < -0.39 is 10.0 Å². The Balaban J connectivity index is 1.84. The van der Waals surface area contributed by atoms with Gasteiger partial charge in [-0.05, 0) is 56.4 Å². The van der Waals surface area contributed by atoms with Gasteiger partial charge in [0.1, 0.15) is 0 Å². The number of rotatable bonds is 5. The maximum absolute atomic E-state index is 12.3. The zero-order valence-corrected chi connectivity index (χ0v) is 13.8. The van der Waals surface area contributed by atoms with Gasteiger partial charge in [-0.3, -0.25) is 4.79 Å².